The lowest BCUT2D eigenvalue weighted by Crippen LogP contribution is -2.53. The van der Waals surface area contributed by atoms with Gasteiger partial charge in [-0.2, -0.15) is 0 Å². The predicted octanol–water partition coefficient (Wildman–Crippen LogP) is 5.17. The lowest BCUT2D eigenvalue weighted by atomic mass is 9.76. The molecule has 3 aromatic carbocycles. The number of hydrogen-bond donors (Lipinski definition) is 3. The van der Waals surface area contributed by atoms with Crippen molar-refractivity contribution in [3.05, 3.63) is 85.8 Å². The van der Waals surface area contributed by atoms with Crippen LogP contribution in [0, 0.1) is 11.8 Å². The van der Waals surface area contributed by atoms with E-state index in [1.54, 1.807) is 24.3 Å². The number of carbonyl (C=O) groups excluding carboxylic acids is 3. The summed E-state index contributed by atoms with van der Waals surface area (Å²) in [7, 11) is 0. The molecule has 3 amide bonds. The number of fused-ring (bicyclic) bond motifs is 4. The predicted molar refractivity (Wildman–Crippen MR) is 141 cm³/mol. The van der Waals surface area contributed by atoms with Crippen molar-refractivity contribution in [1.82, 2.24) is 5.32 Å². The van der Waals surface area contributed by atoms with Crippen LogP contribution in [0.3, 0.4) is 0 Å². The second-order valence-electron chi connectivity index (χ2n) is 9.30. The third-order valence-corrected chi connectivity index (χ3v) is 8.23. The first kappa shape index (κ1) is 24.5. The number of nitrogens with zero attached hydrogens (tertiary/aromatic N) is 1. The van der Waals surface area contributed by atoms with E-state index >= 15 is 0 Å². The minimum Gasteiger partial charge on any atom is -0.508 e. The molecule has 2 saturated heterocycles. The van der Waals surface area contributed by atoms with Crippen LogP contribution in [0.15, 0.2) is 54.6 Å². The summed E-state index contributed by atoms with van der Waals surface area (Å²) in [5.41, 5.74) is -0.135. The van der Waals surface area contributed by atoms with Gasteiger partial charge in [-0.15, -0.1) is 0 Å². The minimum absolute atomic E-state index is 0.0411. The molecule has 0 radical (unpaired) electrons. The maximum absolute atomic E-state index is 14.1. The smallest absolute Gasteiger partial charge is 0.250 e. The van der Waals surface area contributed by atoms with Gasteiger partial charge in [0.2, 0.25) is 17.7 Å². The summed E-state index contributed by atoms with van der Waals surface area (Å²) in [5.74, 6) is -3.64. The maximum atomic E-state index is 14.1. The molecule has 3 aliphatic rings. The van der Waals surface area contributed by atoms with E-state index in [-0.39, 0.29) is 37.9 Å². The van der Waals surface area contributed by atoms with Crippen LogP contribution in [-0.4, -0.2) is 28.9 Å². The van der Waals surface area contributed by atoms with Crippen molar-refractivity contribution >= 4 is 75.5 Å². The fraction of sp³-hybridized carbons (Fsp3) is 0.192. The number of phenols is 1. The lowest BCUT2D eigenvalue weighted by molar-refractivity contribution is -0.130. The highest BCUT2D eigenvalue weighted by atomic mass is 35.5. The summed E-state index contributed by atoms with van der Waals surface area (Å²) in [4.78, 5) is 42.7. The number of aromatic hydroxyl groups is 1. The number of phenolic OH excluding ortho intramolecular Hbond substituents is 1. The number of rotatable bonds is 3. The van der Waals surface area contributed by atoms with Gasteiger partial charge < -0.3 is 10.4 Å². The summed E-state index contributed by atoms with van der Waals surface area (Å²) in [6, 6.07) is 13.5. The van der Waals surface area contributed by atoms with E-state index in [1.807, 2.05) is 0 Å². The van der Waals surface area contributed by atoms with Crippen molar-refractivity contribution in [3.63, 3.8) is 0 Å². The number of carbonyl (C=O) groups is 3. The second-order valence-corrected chi connectivity index (χ2v) is 11.0. The first-order chi connectivity index (χ1) is 17.6. The van der Waals surface area contributed by atoms with Gasteiger partial charge in [-0.3, -0.25) is 19.7 Å². The molecule has 4 unspecified atom stereocenters. The number of hydrogen-bond acceptors (Lipinski definition) is 5. The largest absolute Gasteiger partial charge is 0.508 e. The van der Waals surface area contributed by atoms with Crippen molar-refractivity contribution in [2.45, 2.75) is 18.0 Å². The van der Waals surface area contributed by atoms with Crippen LogP contribution < -0.4 is 15.5 Å². The van der Waals surface area contributed by atoms with Gasteiger partial charge in [0.25, 0.3) is 0 Å². The van der Waals surface area contributed by atoms with Gasteiger partial charge in [0.1, 0.15) is 11.3 Å². The normalized spacial score (nSPS) is 26.1. The number of halogens is 4. The first-order valence-corrected chi connectivity index (χ1v) is 12.8. The Labute approximate surface area is 231 Å². The summed E-state index contributed by atoms with van der Waals surface area (Å²) < 4.78 is 0. The highest BCUT2D eigenvalue weighted by Gasteiger charge is 2.70. The van der Waals surface area contributed by atoms with Gasteiger partial charge >= 0.3 is 0 Å². The number of benzene rings is 3. The van der Waals surface area contributed by atoms with E-state index < -0.39 is 41.1 Å². The van der Waals surface area contributed by atoms with Gasteiger partial charge in [-0.1, -0.05) is 64.6 Å². The van der Waals surface area contributed by atoms with Gasteiger partial charge in [0, 0.05) is 26.7 Å². The third-order valence-electron chi connectivity index (χ3n) is 7.28. The molecule has 3 heterocycles. The average molecular weight is 577 g/mol. The molecule has 6 rings (SSSR count). The molecule has 2 fully saturated rings. The van der Waals surface area contributed by atoms with Crippen LogP contribution in [0.25, 0.3) is 0 Å². The van der Waals surface area contributed by atoms with Crippen LogP contribution in [0.1, 0.15) is 11.1 Å². The number of anilines is 2. The van der Waals surface area contributed by atoms with E-state index in [1.165, 1.54) is 30.3 Å². The topological polar surface area (TPSA) is 98.7 Å². The Morgan fingerprint density at radius 1 is 0.892 bits per heavy atom. The molecular weight excluding hydrogens is 560 g/mol. The monoisotopic (exact) mass is 575 g/mol. The number of nitrogens with one attached hydrogen (secondary N) is 2. The molecule has 0 bridgehead atoms. The van der Waals surface area contributed by atoms with E-state index in [4.69, 9.17) is 46.4 Å². The molecular formula is C26H17Cl4N3O4. The maximum Gasteiger partial charge on any atom is 0.250 e. The number of imide groups is 1. The Kier molecular flexibility index (Phi) is 5.71. The average Bonchev–Trinajstić information content (AvgIpc) is 3.40. The van der Waals surface area contributed by atoms with Gasteiger partial charge in [-0.05, 0) is 48.4 Å². The van der Waals surface area contributed by atoms with Crippen molar-refractivity contribution in [2.75, 3.05) is 10.2 Å². The van der Waals surface area contributed by atoms with E-state index in [2.05, 4.69) is 10.6 Å². The second kappa shape index (κ2) is 8.61. The van der Waals surface area contributed by atoms with Crippen molar-refractivity contribution in [2.24, 2.45) is 11.8 Å². The Morgan fingerprint density at radius 3 is 2.27 bits per heavy atom. The molecule has 0 saturated carbocycles. The lowest BCUT2D eigenvalue weighted by Gasteiger charge is -2.30. The highest BCUT2D eigenvalue weighted by Crippen LogP contribution is 2.55. The summed E-state index contributed by atoms with van der Waals surface area (Å²) in [6.07, 6.45) is 0.176. The zero-order chi connectivity index (χ0) is 26.2. The fourth-order valence-electron chi connectivity index (χ4n) is 5.84. The van der Waals surface area contributed by atoms with Crippen LogP contribution >= 0.6 is 46.4 Å². The zero-order valence-corrected chi connectivity index (χ0v) is 21.8. The minimum atomic E-state index is -1.62. The molecule has 3 aliphatic heterocycles. The van der Waals surface area contributed by atoms with Crippen molar-refractivity contribution in [3.8, 4) is 5.75 Å². The van der Waals surface area contributed by atoms with Gasteiger partial charge in [0.15, 0.2) is 0 Å². The van der Waals surface area contributed by atoms with E-state index in [0.717, 1.165) is 4.90 Å². The van der Waals surface area contributed by atoms with Gasteiger partial charge in [0.05, 0.1) is 28.2 Å². The number of para-hydroxylation sites is 1. The fourth-order valence-corrected chi connectivity index (χ4v) is 6.90. The molecule has 3 N–H and O–H groups in total. The SMILES string of the molecule is O=C1C2C(Cc3ccccc3O)NC3(C(=O)Nc4c(Cl)cc(Cl)cc43)C2C(=O)N1c1cc(Cl)cc(Cl)c1. The zero-order valence-electron chi connectivity index (χ0n) is 18.8. The van der Waals surface area contributed by atoms with Crippen LogP contribution in [0.2, 0.25) is 20.1 Å². The summed E-state index contributed by atoms with van der Waals surface area (Å²) in [6.45, 7) is 0. The Bertz CT molecular complexity index is 1510. The van der Waals surface area contributed by atoms with Crippen molar-refractivity contribution in [1.29, 1.82) is 0 Å². The molecule has 3 aromatic rings. The highest BCUT2D eigenvalue weighted by molar-refractivity contribution is 6.38. The summed E-state index contributed by atoms with van der Waals surface area (Å²) >= 11 is 25.1. The molecule has 188 valence electrons. The standard InChI is InChI=1S/C26H17Cl4N3O4/c27-12-6-13(28)8-15(7-12)33-23(35)20-18(5-11-3-1-2-4-19(11)34)32-26(21(20)24(33)36)16-9-14(29)10-17(30)22(16)31-25(26)37/h1-4,6-10,18,20-21,32,34H,5H2,(H,31,37). The molecule has 1 spiro atoms. The van der Waals surface area contributed by atoms with Gasteiger partial charge in [-0.25, -0.2) is 4.90 Å². The molecule has 11 heteroatoms. The summed E-state index contributed by atoms with van der Waals surface area (Å²) in [5, 5.41) is 17.5. The Morgan fingerprint density at radius 2 is 1.57 bits per heavy atom. The van der Waals surface area contributed by atoms with E-state index in [9.17, 15) is 19.5 Å². The first-order valence-electron chi connectivity index (χ1n) is 11.3. The van der Waals surface area contributed by atoms with Crippen LogP contribution in [0.4, 0.5) is 11.4 Å². The molecule has 0 aliphatic carbocycles. The molecule has 7 nitrogen and oxygen atoms in total. The molecule has 4 atom stereocenters. The third kappa shape index (κ3) is 3.56. The van der Waals surface area contributed by atoms with E-state index in [0.29, 0.717) is 16.8 Å². The molecule has 0 aromatic heterocycles. The molecule has 37 heavy (non-hydrogen) atoms. The Balaban J connectivity index is 1.54. The van der Waals surface area contributed by atoms with Crippen molar-refractivity contribution < 1.29 is 19.5 Å². The number of amides is 3. The van der Waals surface area contributed by atoms with Crippen LogP contribution in [-0.2, 0) is 26.3 Å². The van der Waals surface area contributed by atoms with Crippen LogP contribution in [0.5, 0.6) is 5.75 Å². The quantitative estimate of drug-likeness (QED) is 0.373. The Hall–Kier alpha value is -2.81.